The van der Waals surface area contributed by atoms with E-state index in [1.807, 2.05) is 23.6 Å². The summed E-state index contributed by atoms with van der Waals surface area (Å²) in [6.45, 7) is 2.23. The number of aryl methyl sites for hydroxylation is 1. The van der Waals surface area contributed by atoms with E-state index < -0.39 is 0 Å². The number of hydrogen-bond acceptors (Lipinski definition) is 3. The SMILES string of the molecule is C[C@H](NC1CCc2cccnc21)c1cccs1. The van der Waals surface area contributed by atoms with E-state index in [1.54, 1.807) is 0 Å². The van der Waals surface area contributed by atoms with Gasteiger partial charge in [-0.2, -0.15) is 0 Å². The number of fused-ring (bicyclic) bond motifs is 1. The van der Waals surface area contributed by atoms with Crippen molar-refractivity contribution in [2.75, 3.05) is 0 Å². The molecule has 1 unspecified atom stereocenters. The minimum atomic E-state index is 0.410. The van der Waals surface area contributed by atoms with Crippen LogP contribution in [-0.4, -0.2) is 4.98 Å². The molecule has 3 heteroatoms. The zero-order valence-electron chi connectivity index (χ0n) is 9.89. The van der Waals surface area contributed by atoms with E-state index >= 15 is 0 Å². The van der Waals surface area contributed by atoms with Gasteiger partial charge in [-0.15, -0.1) is 11.3 Å². The summed E-state index contributed by atoms with van der Waals surface area (Å²) in [5.41, 5.74) is 2.65. The van der Waals surface area contributed by atoms with Crippen LogP contribution in [-0.2, 0) is 6.42 Å². The summed E-state index contributed by atoms with van der Waals surface area (Å²) in [5, 5.41) is 5.82. The van der Waals surface area contributed by atoms with Gasteiger partial charge in [0, 0.05) is 17.1 Å². The molecular formula is C14H16N2S. The van der Waals surface area contributed by atoms with Gasteiger partial charge in [0.1, 0.15) is 0 Å². The zero-order chi connectivity index (χ0) is 11.7. The molecule has 0 fully saturated rings. The quantitative estimate of drug-likeness (QED) is 0.894. The largest absolute Gasteiger partial charge is 0.301 e. The lowest BCUT2D eigenvalue weighted by Gasteiger charge is -2.18. The lowest BCUT2D eigenvalue weighted by atomic mass is 10.1. The summed E-state index contributed by atoms with van der Waals surface area (Å²) in [4.78, 5) is 5.91. The first-order valence-corrected chi connectivity index (χ1v) is 6.96. The van der Waals surface area contributed by atoms with Crippen LogP contribution in [0.15, 0.2) is 35.8 Å². The molecule has 0 saturated carbocycles. The number of aromatic nitrogens is 1. The van der Waals surface area contributed by atoms with Crippen molar-refractivity contribution >= 4 is 11.3 Å². The van der Waals surface area contributed by atoms with E-state index in [1.165, 1.54) is 22.6 Å². The first-order chi connectivity index (χ1) is 8.34. The summed E-state index contributed by atoms with van der Waals surface area (Å²) in [6.07, 6.45) is 4.22. The molecule has 0 spiro atoms. The van der Waals surface area contributed by atoms with Crippen LogP contribution in [0.1, 0.15) is 41.6 Å². The fourth-order valence-electron chi connectivity index (χ4n) is 2.50. The smallest absolute Gasteiger partial charge is 0.0605 e. The molecule has 0 aromatic carbocycles. The topological polar surface area (TPSA) is 24.9 Å². The van der Waals surface area contributed by atoms with Gasteiger partial charge in [-0.05, 0) is 42.8 Å². The highest BCUT2D eigenvalue weighted by molar-refractivity contribution is 7.10. The Kier molecular flexibility index (Phi) is 2.95. The number of nitrogens with one attached hydrogen (secondary N) is 1. The third-order valence-corrected chi connectivity index (χ3v) is 4.43. The maximum Gasteiger partial charge on any atom is 0.0605 e. The van der Waals surface area contributed by atoms with Crippen LogP contribution < -0.4 is 5.32 Å². The zero-order valence-corrected chi connectivity index (χ0v) is 10.7. The van der Waals surface area contributed by atoms with Crippen molar-refractivity contribution in [1.29, 1.82) is 0 Å². The van der Waals surface area contributed by atoms with Crippen LogP contribution in [0.4, 0.5) is 0 Å². The molecule has 3 rings (SSSR count). The van der Waals surface area contributed by atoms with Crippen LogP contribution in [0, 0.1) is 0 Å². The molecule has 1 N–H and O–H groups in total. The molecular weight excluding hydrogens is 228 g/mol. The van der Waals surface area contributed by atoms with Crippen LogP contribution in [0.25, 0.3) is 0 Å². The summed E-state index contributed by atoms with van der Waals surface area (Å²) in [5.74, 6) is 0. The Morgan fingerprint density at radius 2 is 2.35 bits per heavy atom. The molecule has 0 amide bonds. The fourth-order valence-corrected chi connectivity index (χ4v) is 3.24. The van der Waals surface area contributed by atoms with Gasteiger partial charge in [0.2, 0.25) is 0 Å². The van der Waals surface area contributed by atoms with Crippen molar-refractivity contribution < 1.29 is 0 Å². The number of pyridine rings is 1. The number of nitrogens with zero attached hydrogens (tertiary/aromatic N) is 1. The molecule has 2 nitrogen and oxygen atoms in total. The Labute approximate surface area is 106 Å². The van der Waals surface area contributed by atoms with Crippen LogP contribution >= 0.6 is 11.3 Å². The Morgan fingerprint density at radius 1 is 1.41 bits per heavy atom. The van der Waals surface area contributed by atoms with Gasteiger partial charge in [-0.25, -0.2) is 0 Å². The minimum Gasteiger partial charge on any atom is -0.301 e. The van der Waals surface area contributed by atoms with Gasteiger partial charge in [0.15, 0.2) is 0 Å². The van der Waals surface area contributed by atoms with E-state index in [4.69, 9.17) is 0 Å². The molecule has 1 aliphatic carbocycles. The number of thiophene rings is 1. The summed E-state index contributed by atoms with van der Waals surface area (Å²) in [6, 6.07) is 9.36. The van der Waals surface area contributed by atoms with Crippen molar-refractivity contribution in [1.82, 2.24) is 10.3 Å². The second-order valence-corrected chi connectivity index (χ2v) is 5.52. The van der Waals surface area contributed by atoms with Gasteiger partial charge in [0.25, 0.3) is 0 Å². The van der Waals surface area contributed by atoms with Crippen LogP contribution in [0.5, 0.6) is 0 Å². The summed E-state index contributed by atoms with van der Waals surface area (Å²) >= 11 is 1.81. The second-order valence-electron chi connectivity index (χ2n) is 4.54. The third kappa shape index (κ3) is 2.13. The molecule has 1 aliphatic rings. The molecule has 88 valence electrons. The second kappa shape index (κ2) is 4.59. The molecule has 17 heavy (non-hydrogen) atoms. The fraction of sp³-hybridized carbons (Fsp3) is 0.357. The highest BCUT2D eigenvalue weighted by atomic mass is 32.1. The van der Waals surface area contributed by atoms with E-state index in [2.05, 4.69) is 40.8 Å². The van der Waals surface area contributed by atoms with Crippen molar-refractivity contribution in [2.24, 2.45) is 0 Å². The van der Waals surface area contributed by atoms with Crippen molar-refractivity contribution in [3.8, 4) is 0 Å². The van der Waals surface area contributed by atoms with Gasteiger partial charge in [-0.3, -0.25) is 4.98 Å². The van der Waals surface area contributed by atoms with Crippen molar-refractivity contribution in [3.63, 3.8) is 0 Å². The molecule has 0 saturated heterocycles. The normalized spacial score (nSPS) is 20.2. The van der Waals surface area contributed by atoms with Crippen LogP contribution in [0.3, 0.4) is 0 Å². The van der Waals surface area contributed by atoms with Crippen molar-refractivity contribution in [3.05, 3.63) is 52.0 Å². The lowest BCUT2D eigenvalue weighted by Crippen LogP contribution is -2.22. The standard InChI is InChI=1S/C14H16N2S/c1-10(13-5-3-9-17-13)16-12-7-6-11-4-2-8-15-14(11)12/h2-5,8-10,12,16H,6-7H2,1H3/t10-,12?/m0/s1. The predicted molar refractivity (Wildman–Crippen MR) is 71.2 cm³/mol. The average molecular weight is 244 g/mol. The van der Waals surface area contributed by atoms with Gasteiger partial charge < -0.3 is 5.32 Å². The maximum atomic E-state index is 4.52. The Bertz CT molecular complexity index is 493. The lowest BCUT2D eigenvalue weighted by molar-refractivity contribution is 0.462. The molecule has 2 heterocycles. The third-order valence-electron chi connectivity index (χ3n) is 3.38. The Hall–Kier alpha value is -1.19. The molecule has 2 aromatic heterocycles. The van der Waals surface area contributed by atoms with Gasteiger partial charge >= 0.3 is 0 Å². The molecule has 0 aliphatic heterocycles. The van der Waals surface area contributed by atoms with Crippen molar-refractivity contribution in [2.45, 2.75) is 31.8 Å². The van der Waals surface area contributed by atoms with E-state index in [9.17, 15) is 0 Å². The first-order valence-electron chi connectivity index (χ1n) is 6.08. The Morgan fingerprint density at radius 3 is 3.18 bits per heavy atom. The summed E-state index contributed by atoms with van der Waals surface area (Å²) < 4.78 is 0. The number of rotatable bonds is 3. The van der Waals surface area contributed by atoms with E-state index in [0.29, 0.717) is 12.1 Å². The predicted octanol–water partition coefficient (Wildman–Crippen LogP) is 3.48. The molecule has 2 aromatic rings. The molecule has 0 radical (unpaired) electrons. The summed E-state index contributed by atoms with van der Waals surface area (Å²) in [7, 11) is 0. The minimum absolute atomic E-state index is 0.410. The van der Waals surface area contributed by atoms with Gasteiger partial charge in [-0.1, -0.05) is 12.1 Å². The average Bonchev–Trinajstić information content (AvgIpc) is 2.98. The highest BCUT2D eigenvalue weighted by Gasteiger charge is 2.24. The first kappa shape index (κ1) is 10.9. The van der Waals surface area contributed by atoms with Crippen LogP contribution in [0.2, 0.25) is 0 Å². The van der Waals surface area contributed by atoms with Gasteiger partial charge in [0.05, 0.1) is 11.7 Å². The molecule has 0 bridgehead atoms. The maximum absolute atomic E-state index is 4.52. The molecule has 2 atom stereocenters. The van der Waals surface area contributed by atoms with E-state index in [0.717, 1.165) is 6.42 Å². The number of hydrogen-bond donors (Lipinski definition) is 1. The highest BCUT2D eigenvalue weighted by Crippen LogP contribution is 2.31. The monoisotopic (exact) mass is 244 g/mol. The van der Waals surface area contributed by atoms with E-state index in [-0.39, 0.29) is 0 Å². The Balaban J connectivity index is 1.75.